The van der Waals surface area contributed by atoms with Crippen LogP contribution < -0.4 is 15.4 Å². The van der Waals surface area contributed by atoms with Crippen LogP contribution in [0.15, 0.2) is 24.3 Å². The maximum Gasteiger partial charge on any atom is 0.237 e. The first-order valence-electron chi connectivity index (χ1n) is 8.88. The van der Waals surface area contributed by atoms with Crippen LogP contribution >= 0.6 is 0 Å². The largest absolute Gasteiger partial charge is 0.494 e. The number of hydrogen-bond donors (Lipinski definition) is 2. The monoisotopic (exact) mass is 318 g/mol. The smallest absolute Gasteiger partial charge is 0.237 e. The van der Waals surface area contributed by atoms with Gasteiger partial charge in [-0.3, -0.25) is 4.79 Å². The highest BCUT2D eigenvalue weighted by molar-refractivity contribution is 5.81. The molecule has 1 aromatic rings. The molecule has 1 aliphatic heterocycles. The van der Waals surface area contributed by atoms with Gasteiger partial charge < -0.3 is 15.4 Å². The van der Waals surface area contributed by atoms with E-state index in [0.29, 0.717) is 12.5 Å². The minimum Gasteiger partial charge on any atom is -0.494 e. The Morgan fingerprint density at radius 1 is 1.30 bits per heavy atom. The average molecular weight is 318 g/mol. The highest BCUT2D eigenvalue weighted by Crippen LogP contribution is 2.13. The minimum atomic E-state index is 0.000447. The number of piperidine rings is 1. The molecule has 2 N–H and O–H groups in total. The molecule has 0 radical (unpaired) electrons. The quantitative estimate of drug-likeness (QED) is 0.775. The molecule has 1 saturated heterocycles. The SMILES string of the molecule is CC(C)CCOc1ccc(CCNC(=O)[C@@H]2CCCCN2)cc1. The first kappa shape index (κ1) is 17.8. The summed E-state index contributed by atoms with van der Waals surface area (Å²) in [7, 11) is 0. The van der Waals surface area contributed by atoms with Crippen molar-refractivity contribution in [3.63, 3.8) is 0 Å². The Hall–Kier alpha value is -1.55. The van der Waals surface area contributed by atoms with Gasteiger partial charge in [-0.15, -0.1) is 0 Å². The molecule has 4 nitrogen and oxygen atoms in total. The van der Waals surface area contributed by atoms with Crippen molar-refractivity contribution in [2.75, 3.05) is 19.7 Å². The summed E-state index contributed by atoms with van der Waals surface area (Å²) < 4.78 is 5.72. The van der Waals surface area contributed by atoms with Gasteiger partial charge in [-0.05, 0) is 55.8 Å². The van der Waals surface area contributed by atoms with E-state index in [-0.39, 0.29) is 11.9 Å². The number of benzene rings is 1. The molecule has 1 amide bonds. The second-order valence-corrected chi connectivity index (χ2v) is 6.72. The van der Waals surface area contributed by atoms with E-state index in [1.165, 1.54) is 12.0 Å². The summed E-state index contributed by atoms with van der Waals surface area (Å²) in [5, 5.41) is 6.30. The molecule has 2 rings (SSSR count). The lowest BCUT2D eigenvalue weighted by molar-refractivity contribution is -0.123. The van der Waals surface area contributed by atoms with Crippen LogP contribution in [0.3, 0.4) is 0 Å². The fourth-order valence-electron chi connectivity index (χ4n) is 2.69. The van der Waals surface area contributed by atoms with Gasteiger partial charge in [-0.2, -0.15) is 0 Å². The van der Waals surface area contributed by atoms with Crippen LogP contribution in [0.4, 0.5) is 0 Å². The summed E-state index contributed by atoms with van der Waals surface area (Å²) in [5.41, 5.74) is 1.22. The van der Waals surface area contributed by atoms with E-state index in [2.05, 4.69) is 36.6 Å². The minimum absolute atomic E-state index is 0.000447. The lowest BCUT2D eigenvalue weighted by Crippen LogP contribution is -2.47. The second-order valence-electron chi connectivity index (χ2n) is 6.72. The van der Waals surface area contributed by atoms with Gasteiger partial charge in [0.2, 0.25) is 5.91 Å². The zero-order chi connectivity index (χ0) is 16.5. The number of rotatable bonds is 8. The first-order chi connectivity index (χ1) is 11.1. The highest BCUT2D eigenvalue weighted by Gasteiger charge is 2.19. The Balaban J connectivity index is 1.66. The van der Waals surface area contributed by atoms with Crippen LogP contribution in [0.25, 0.3) is 0 Å². The maximum atomic E-state index is 12.0. The summed E-state index contributed by atoms with van der Waals surface area (Å²) in [5.74, 6) is 1.72. The Morgan fingerprint density at radius 3 is 2.74 bits per heavy atom. The van der Waals surface area contributed by atoms with Crippen molar-refractivity contribution in [2.45, 2.75) is 52.0 Å². The predicted molar refractivity (Wildman–Crippen MR) is 93.7 cm³/mol. The normalized spacial score (nSPS) is 18.0. The number of ether oxygens (including phenoxy) is 1. The third-order valence-corrected chi connectivity index (χ3v) is 4.23. The molecule has 0 aromatic heterocycles. The number of carbonyl (C=O) groups excluding carboxylic acids is 1. The van der Waals surface area contributed by atoms with Gasteiger partial charge in [0, 0.05) is 6.54 Å². The van der Waals surface area contributed by atoms with Gasteiger partial charge in [0.15, 0.2) is 0 Å². The van der Waals surface area contributed by atoms with Crippen molar-refractivity contribution in [1.29, 1.82) is 0 Å². The van der Waals surface area contributed by atoms with Crippen molar-refractivity contribution >= 4 is 5.91 Å². The van der Waals surface area contributed by atoms with Gasteiger partial charge in [0.05, 0.1) is 12.6 Å². The molecule has 0 saturated carbocycles. The van der Waals surface area contributed by atoms with Crippen molar-refractivity contribution in [1.82, 2.24) is 10.6 Å². The molecule has 1 heterocycles. The van der Waals surface area contributed by atoms with Gasteiger partial charge in [0.1, 0.15) is 5.75 Å². The van der Waals surface area contributed by atoms with Gasteiger partial charge in [0.25, 0.3) is 0 Å². The van der Waals surface area contributed by atoms with E-state index in [4.69, 9.17) is 4.74 Å². The zero-order valence-electron chi connectivity index (χ0n) is 14.4. The van der Waals surface area contributed by atoms with Crippen molar-refractivity contribution in [2.24, 2.45) is 5.92 Å². The average Bonchev–Trinajstić information content (AvgIpc) is 2.57. The summed E-state index contributed by atoms with van der Waals surface area (Å²) in [4.78, 5) is 12.0. The molecule has 4 heteroatoms. The van der Waals surface area contributed by atoms with Crippen molar-refractivity contribution in [3.8, 4) is 5.75 Å². The third kappa shape index (κ3) is 6.61. The molecule has 23 heavy (non-hydrogen) atoms. The molecule has 0 aliphatic carbocycles. The molecule has 128 valence electrons. The Kier molecular flexibility index (Phi) is 7.40. The van der Waals surface area contributed by atoms with E-state index < -0.39 is 0 Å². The lowest BCUT2D eigenvalue weighted by atomic mass is 10.0. The van der Waals surface area contributed by atoms with E-state index in [9.17, 15) is 4.79 Å². The molecule has 0 spiro atoms. The maximum absolute atomic E-state index is 12.0. The predicted octanol–water partition coefficient (Wildman–Crippen LogP) is 2.91. The molecular weight excluding hydrogens is 288 g/mol. The molecular formula is C19H30N2O2. The van der Waals surface area contributed by atoms with Crippen LogP contribution in [-0.4, -0.2) is 31.6 Å². The molecule has 1 atom stereocenters. The fourth-order valence-corrected chi connectivity index (χ4v) is 2.69. The Bertz CT molecular complexity index is 465. The highest BCUT2D eigenvalue weighted by atomic mass is 16.5. The molecule has 0 unspecified atom stereocenters. The molecule has 0 bridgehead atoms. The number of amides is 1. The number of carbonyl (C=O) groups is 1. The van der Waals surface area contributed by atoms with Crippen molar-refractivity contribution in [3.05, 3.63) is 29.8 Å². The van der Waals surface area contributed by atoms with Crippen LogP contribution in [0.1, 0.15) is 45.1 Å². The van der Waals surface area contributed by atoms with E-state index in [0.717, 1.165) is 44.6 Å². The Morgan fingerprint density at radius 2 is 2.09 bits per heavy atom. The van der Waals surface area contributed by atoms with Crippen LogP contribution in [-0.2, 0) is 11.2 Å². The van der Waals surface area contributed by atoms with Gasteiger partial charge in [-0.25, -0.2) is 0 Å². The number of nitrogens with one attached hydrogen (secondary N) is 2. The Labute approximate surface area is 140 Å². The van der Waals surface area contributed by atoms with E-state index >= 15 is 0 Å². The van der Waals surface area contributed by atoms with E-state index in [1.54, 1.807) is 0 Å². The van der Waals surface area contributed by atoms with Gasteiger partial charge in [-0.1, -0.05) is 32.4 Å². The van der Waals surface area contributed by atoms with Gasteiger partial charge >= 0.3 is 0 Å². The summed E-state index contributed by atoms with van der Waals surface area (Å²) >= 11 is 0. The summed E-state index contributed by atoms with van der Waals surface area (Å²) in [6.45, 7) is 6.80. The first-order valence-corrected chi connectivity index (χ1v) is 8.88. The summed E-state index contributed by atoms with van der Waals surface area (Å²) in [6, 6.07) is 8.19. The summed E-state index contributed by atoms with van der Waals surface area (Å²) in [6.07, 6.45) is 5.20. The van der Waals surface area contributed by atoms with Crippen LogP contribution in [0.2, 0.25) is 0 Å². The molecule has 1 aromatic carbocycles. The lowest BCUT2D eigenvalue weighted by Gasteiger charge is -2.22. The second kappa shape index (κ2) is 9.56. The zero-order valence-corrected chi connectivity index (χ0v) is 14.4. The topological polar surface area (TPSA) is 50.4 Å². The van der Waals surface area contributed by atoms with Crippen LogP contribution in [0, 0.1) is 5.92 Å². The molecule has 1 fully saturated rings. The van der Waals surface area contributed by atoms with Crippen molar-refractivity contribution < 1.29 is 9.53 Å². The fraction of sp³-hybridized carbons (Fsp3) is 0.632. The van der Waals surface area contributed by atoms with E-state index in [1.807, 2.05) is 12.1 Å². The molecule has 1 aliphatic rings. The standard InChI is InChI=1S/C19H30N2O2/c1-15(2)11-14-23-17-8-6-16(7-9-17)10-13-21-19(22)18-5-3-4-12-20-18/h6-9,15,18,20H,3-5,10-14H2,1-2H3,(H,21,22)/t18-/m0/s1. The number of hydrogen-bond acceptors (Lipinski definition) is 3. The third-order valence-electron chi connectivity index (χ3n) is 4.23. The van der Waals surface area contributed by atoms with Crippen LogP contribution in [0.5, 0.6) is 5.75 Å².